The van der Waals surface area contributed by atoms with Crippen LogP contribution in [0.3, 0.4) is 0 Å². The third-order valence-electron chi connectivity index (χ3n) is 2.60. The molecule has 0 aliphatic rings. The lowest BCUT2D eigenvalue weighted by Gasteiger charge is -2.21. The standard InChI is InChI=1S/C13H17F2NO2/c1-2-18-12(17)13(14,15)11(16)9-8-10-6-4-3-5-7-10/h3-7,11H,2,8-9,16H2,1H3. The molecule has 0 saturated heterocycles. The zero-order valence-electron chi connectivity index (χ0n) is 10.2. The molecule has 0 bridgehead atoms. The minimum absolute atomic E-state index is 0.0236. The summed E-state index contributed by atoms with van der Waals surface area (Å²) in [5, 5.41) is 0. The predicted molar refractivity (Wildman–Crippen MR) is 64.3 cm³/mol. The summed E-state index contributed by atoms with van der Waals surface area (Å²) >= 11 is 0. The van der Waals surface area contributed by atoms with Crippen LogP contribution in [0.25, 0.3) is 0 Å². The van der Waals surface area contributed by atoms with E-state index in [1.165, 1.54) is 6.92 Å². The van der Waals surface area contributed by atoms with E-state index in [0.29, 0.717) is 6.42 Å². The number of ether oxygens (including phenoxy) is 1. The lowest BCUT2D eigenvalue weighted by molar-refractivity contribution is -0.174. The molecule has 5 heteroatoms. The van der Waals surface area contributed by atoms with E-state index in [9.17, 15) is 13.6 Å². The van der Waals surface area contributed by atoms with Crippen molar-refractivity contribution in [3.05, 3.63) is 35.9 Å². The van der Waals surface area contributed by atoms with E-state index >= 15 is 0 Å². The highest BCUT2D eigenvalue weighted by Gasteiger charge is 2.46. The molecule has 1 unspecified atom stereocenters. The average molecular weight is 257 g/mol. The molecule has 0 radical (unpaired) electrons. The number of esters is 1. The monoisotopic (exact) mass is 257 g/mol. The predicted octanol–water partition coefficient (Wildman–Crippen LogP) is 2.14. The summed E-state index contributed by atoms with van der Waals surface area (Å²) in [6, 6.07) is 7.62. The Bertz CT molecular complexity index is 382. The fourth-order valence-corrected chi connectivity index (χ4v) is 1.53. The van der Waals surface area contributed by atoms with Crippen molar-refractivity contribution in [2.24, 2.45) is 5.73 Å². The van der Waals surface area contributed by atoms with Gasteiger partial charge in [-0.15, -0.1) is 0 Å². The Balaban J connectivity index is 2.54. The van der Waals surface area contributed by atoms with Crippen molar-refractivity contribution in [2.75, 3.05) is 6.61 Å². The van der Waals surface area contributed by atoms with Crippen molar-refractivity contribution in [1.82, 2.24) is 0 Å². The number of alkyl halides is 2. The fraction of sp³-hybridized carbons (Fsp3) is 0.462. The second-order valence-electron chi connectivity index (χ2n) is 3.97. The van der Waals surface area contributed by atoms with E-state index in [1.54, 1.807) is 0 Å². The number of nitrogens with two attached hydrogens (primary N) is 1. The molecule has 0 amide bonds. The first-order chi connectivity index (χ1) is 8.48. The zero-order valence-corrected chi connectivity index (χ0v) is 10.2. The number of hydrogen-bond acceptors (Lipinski definition) is 3. The molecular weight excluding hydrogens is 240 g/mol. The molecule has 0 fully saturated rings. The molecule has 0 saturated carbocycles. The molecule has 0 aromatic heterocycles. The molecule has 0 heterocycles. The molecule has 3 nitrogen and oxygen atoms in total. The summed E-state index contributed by atoms with van der Waals surface area (Å²) in [5.41, 5.74) is 6.29. The number of carbonyl (C=O) groups is 1. The Morgan fingerprint density at radius 2 is 2.00 bits per heavy atom. The summed E-state index contributed by atoms with van der Waals surface area (Å²) in [4.78, 5) is 11.1. The zero-order chi connectivity index (χ0) is 13.6. The van der Waals surface area contributed by atoms with Gasteiger partial charge in [0.2, 0.25) is 0 Å². The van der Waals surface area contributed by atoms with E-state index in [1.807, 2.05) is 30.3 Å². The van der Waals surface area contributed by atoms with Crippen LogP contribution in [-0.4, -0.2) is 24.5 Å². The van der Waals surface area contributed by atoms with Crippen LogP contribution in [0.1, 0.15) is 18.9 Å². The van der Waals surface area contributed by atoms with Crippen LogP contribution >= 0.6 is 0 Å². The van der Waals surface area contributed by atoms with Crippen molar-refractivity contribution in [3.63, 3.8) is 0 Å². The quantitative estimate of drug-likeness (QED) is 0.794. The molecule has 0 aliphatic heterocycles. The summed E-state index contributed by atoms with van der Waals surface area (Å²) in [5.74, 6) is -5.18. The van der Waals surface area contributed by atoms with Crippen molar-refractivity contribution < 1.29 is 18.3 Å². The molecule has 100 valence electrons. The number of carbonyl (C=O) groups excluding carboxylic acids is 1. The minimum atomic E-state index is -3.63. The Labute approximate surface area is 105 Å². The second kappa shape index (κ2) is 6.44. The number of rotatable bonds is 6. The number of aryl methyl sites for hydroxylation is 1. The van der Waals surface area contributed by atoms with Crippen LogP contribution in [0.4, 0.5) is 8.78 Å². The third kappa shape index (κ3) is 3.77. The van der Waals surface area contributed by atoms with Crippen LogP contribution in [0, 0.1) is 0 Å². The maximum atomic E-state index is 13.5. The van der Waals surface area contributed by atoms with Crippen LogP contribution < -0.4 is 5.73 Å². The highest BCUT2D eigenvalue weighted by atomic mass is 19.3. The Morgan fingerprint density at radius 1 is 1.39 bits per heavy atom. The van der Waals surface area contributed by atoms with E-state index in [2.05, 4.69) is 4.74 Å². The van der Waals surface area contributed by atoms with Crippen molar-refractivity contribution in [2.45, 2.75) is 31.7 Å². The third-order valence-corrected chi connectivity index (χ3v) is 2.60. The van der Waals surface area contributed by atoms with Crippen LogP contribution in [-0.2, 0) is 16.0 Å². The maximum Gasteiger partial charge on any atom is 0.378 e. The van der Waals surface area contributed by atoms with Crippen molar-refractivity contribution >= 4 is 5.97 Å². The number of hydrogen-bond donors (Lipinski definition) is 1. The molecule has 1 aromatic carbocycles. The van der Waals surface area contributed by atoms with Crippen molar-refractivity contribution in [1.29, 1.82) is 0 Å². The molecule has 1 rings (SSSR count). The van der Waals surface area contributed by atoms with Gasteiger partial charge in [-0.2, -0.15) is 8.78 Å². The SMILES string of the molecule is CCOC(=O)C(F)(F)C(N)CCc1ccccc1. The Hall–Kier alpha value is -1.49. The van der Waals surface area contributed by atoms with Gasteiger partial charge in [0.15, 0.2) is 0 Å². The van der Waals surface area contributed by atoms with E-state index < -0.39 is 17.9 Å². The van der Waals surface area contributed by atoms with Crippen LogP contribution in [0.15, 0.2) is 30.3 Å². The fourth-order valence-electron chi connectivity index (χ4n) is 1.53. The van der Waals surface area contributed by atoms with Gasteiger partial charge in [-0.1, -0.05) is 30.3 Å². The van der Waals surface area contributed by atoms with Gasteiger partial charge in [0, 0.05) is 0 Å². The maximum absolute atomic E-state index is 13.5. The smallest absolute Gasteiger partial charge is 0.378 e. The van der Waals surface area contributed by atoms with Crippen LogP contribution in [0.5, 0.6) is 0 Å². The minimum Gasteiger partial charge on any atom is -0.462 e. The van der Waals surface area contributed by atoms with E-state index in [4.69, 9.17) is 5.73 Å². The number of benzene rings is 1. The highest BCUT2D eigenvalue weighted by Crippen LogP contribution is 2.22. The van der Waals surface area contributed by atoms with Crippen molar-refractivity contribution in [3.8, 4) is 0 Å². The van der Waals surface area contributed by atoms with Crippen LogP contribution in [0.2, 0.25) is 0 Å². The second-order valence-corrected chi connectivity index (χ2v) is 3.97. The molecule has 2 N–H and O–H groups in total. The topological polar surface area (TPSA) is 52.3 Å². The first kappa shape index (κ1) is 14.6. The largest absolute Gasteiger partial charge is 0.462 e. The Morgan fingerprint density at radius 3 is 2.56 bits per heavy atom. The molecule has 18 heavy (non-hydrogen) atoms. The normalized spacial score (nSPS) is 13.1. The van der Waals surface area contributed by atoms with E-state index in [-0.39, 0.29) is 13.0 Å². The molecule has 1 aromatic rings. The molecule has 1 atom stereocenters. The summed E-state index contributed by atoms with van der Waals surface area (Å²) in [7, 11) is 0. The summed E-state index contributed by atoms with van der Waals surface area (Å²) in [6.07, 6.45) is 0.423. The van der Waals surface area contributed by atoms with E-state index in [0.717, 1.165) is 5.56 Å². The lowest BCUT2D eigenvalue weighted by atomic mass is 10.0. The van der Waals surface area contributed by atoms with Gasteiger partial charge in [-0.05, 0) is 25.3 Å². The van der Waals surface area contributed by atoms with Gasteiger partial charge in [0.25, 0.3) is 0 Å². The van der Waals surface area contributed by atoms with Gasteiger partial charge in [0.05, 0.1) is 12.6 Å². The molecule has 0 spiro atoms. The average Bonchev–Trinajstić information content (AvgIpc) is 2.37. The van der Waals surface area contributed by atoms with Gasteiger partial charge < -0.3 is 10.5 Å². The summed E-state index contributed by atoms with van der Waals surface area (Å²) in [6.45, 7) is 1.39. The Kier molecular flexibility index (Phi) is 5.22. The van der Waals surface area contributed by atoms with Gasteiger partial charge in [-0.3, -0.25) is 0 Å². The van der Waals surface area contributed by atoms with Gasteiger partial charge in [0.1, 0.15) is 0 Å². The van der Waals surface area contributed by atoms with Gasteiger partial charge in [-0.25, -0.2) is 4.79 Å². The lowest BCUT2D eigenvalue weighted by Crippen LogP contribution is -2.48. The highest BCUT2D eigenvalue weighted by molar-refractivity contribution is 5.78. The molecule has 0 aliphatic carbocycles. The number of halogens is 2. The first-order valence-electron chi connectivity index (χ1n) is 5.83. The summed E-state index contributed by atoms with van der Waals surface area (Å²) < 4.78 is 31.3. The van der Waals surface area contributed by atoms with Gasteiger partial charge >= 0.3 is 11.9 Å². The first-order valence-corrected chi connectivity index (χ1v) is 5.83. The molecular formula is C13H17F2NO2.